The number of aryl methyl sites for hydroxylation is 2. The molecule has 0 unspecified atom stereocenters. The maximum atomic E-state index is 12.8. The van der Waals surface area contributed by atoms with Crippen LogP contribution in [0.3, 0.4) is 0 Å². The third-order valence-corrected chi connectivity index (χ3v) is 4.82. The van der Waals surface area contributed by atoms with Crippen LogP contribution in [0.1, 0.15) is 11.5 Å². The Hall–Kier alpha value is -3.79. The molecular weight excluding hydrogens is 408 g/mol. The lowest BCUT2D eigenvalue weighted by molar-refractivity contribution is 0.462. The molecule has 30 heavy (non-hydrogen) atoms. The lowest BCUT2D eigenvalue weighted by Crippen LogP contribution is -2.23. The Labute approximate surface area is 174 Å². The highest BCUT2D eigenvalue weighted by atomic mass is 35.5. The monoisotopic (exact) mass is 422 g/mol. The van der Waals surface area contributed by atoms with E-state index < -0.39 is 0 Å². The van der Waals surface area contributed by atoms with E-state index in [4.69, 9.17) is 16.3 Å². The van der Waals surface area contributed by atoms with Crippen molar-refractivity contribution in [2.24, 2.45) is 7.05 Å². The Balaban J connectivity index is 1.45. The van der Waals surface area contributed by atoms with E-state index in [0.29, 0.717) is 50.5 Å². The smallest absolute Gasteiger partial charge is 0.279 e. The molecule has 1 aromatic carbocycles. The minimum absolute atomic E-state index is 0.192. The third kappa shape index (κ3) is 3.16. The summed E-state index contributed by atoms with van der Waals surface area (Å²) >= 11 is 5.88. The van der Waals surface area contributed by atoms with Crippen LogP contribution in [0.15, 0.2) is 41.6 Å². The second kappa shape index (κ2) is 6.92. The van der Waals surface area contributed by atoms with E-state index in [2.05, 4.69) is 30.0 Å². The number of aromatic nitrogens is 8. The van der Waals surface area contributed by atoms with Crippen LogP contribution >= 0.6 is 11.6 Å². The predicted octanol–water partition coefficient (Wildman–Crippen LogP) is 2.60. The highest BCUT2D eigenvalue weighted by Crippen LogP contribution is 2.22. The number of halogens is 1. The van der Waals surface area contributed by atoms with E-state index in [1.165, 1.54) is 17.1 Å². The van der Waals surface area contributed by atoms with Crippen LogP contribution in [0.25, 0.3) is 22.3 Å². The predicted molar refractivity (Wildman–Crippen MR) is 110 cm³/mol. The molecule has 1 N–H and O–H groups in total. The summed E-state index contributed by atoms with van der Waals surface area (Å²) in [6, 6.07) is 6.93. The minimum atomic E-state index is -0.198. The Morgan fingerprint density at radius 1 is 1.17 bits per heavy atom. The molecule has 0 atom stereocenters. The normalized spacial score (nSPS) is 11.4. The first-order valence-corrected chi connectivity index (χ1v) is 9.39. The van der Waals surface area contributed by atoms with Gasteiger partial charge in [0.1, 0.15) is 17.1 Å². The SMILES string of the molecule is Cc1nn(C)c2c(=O)n(Cc3nc4ncc(Oc5ccc(Cl)cc5)nc4[nH]3)cnc12. The lowest BCUT2D eigenvalue weighted by atomic mass is 10.3. The molecule has 0 aliphatic heterocycles. The second-order valence-electron chi connectivity index (χ2n) is 6.70. The van der Waals surface area contributed by atoms with E-state index in [-0.39, 0.29) is 12.1 Å². The Bertz CT molecular complexity index is 1450. The average Bonchev–Trinajstić information content (AvgIpc) is 3.25. The molecule has 4 aromatic heterocycles. The van der Waals surface area contributed by atoms with E-state index >= 15 is 0 Å². The number of imidazole rings is 1. The topological polar surface area (TPSA) is 116 Å². The lowest BCUT2D eigenvalue weighted by Gasteiger charge is -2.03. The van der Waals surface area contributed by atoms with Crippen LogP contribution in [0, 0.1) is 6.92 Å². The number of ether oxygens (including phenoxy) is 1. The largest absolute Gasteiger partial charge is 0.437 e. The number of rotatable bonds is 4. The van der Waals surface area contributed by atoms with Crippen LogP contribution in [-0.4, -0.2) is 39.3 Å². The number of hydrogen-bond acceptors (Lipinski definition) is 7. The molecule has 0 amide bonds. The van der Waals surface area contributed by atoms with Gasteiger partial charge in [0.2, 0.25) is 5.88 Å². The highest BCUT2D eigenvalue weighted by Gasteiger charge is 2.14. The molecule has 0 radical (unpaired) electrons. The molecule has 0 fully saturated rings. The van der Waals surface area contributed by atoms with Crippen LogP contribution < -0.4 is 10.3 Å². The minimum Gasteiger partial charge on any atom is -0.437 e. The molecule has 5 aromatic rings. The zero-order chi connectivity index (χ0) is 20.8. The van der Waals surface area contributed by atoms with Gasteiger partial charge in [0.15, 0.2) is 16.8 Å². The van der Waals surface area contributed by atoms with Crippen LogP contribution in [-0.2, 0) is 13.6 Å². The summed E-state index contributed by atoms with van der Waals surface area (Å²) in [5.74, 6) is 1.42. The number of nitrogens with zero attached hydrogens (tertiary/aromatic N) is 7. The van der Waals surface area contributed by atoms with Crippen molar-refractivity contribution in [3.63, 3.8) is 0 Å². The van der Waals surface area contributed by atoms with Gasteiger partial charge in [0, 0.05) is 12.1 Å². The van der Waals surface area contributed by atoms with Crippen molar-refractivity contribution in [3.05, 3.63) is 63.7 Å². The van der Waals surface area contributed by atoms with Crippen LogP contribution in [0.5, 0.6) is 11.6 Å². The molecule has 0 aliphatic carbocycles. The van der Waals surface area contributed by atoms with Crippen molar-refractivity contribution >= 4 is 33.9 Å². The molecule has 0 saturated heterocycles. The summed E-state index contributed by atoms with van der Waals surface area (Å²) in [5, 5.41) is 4.88. The maximum absolute atomic E-state index is 12.8. The number of nitrogens with one attached hydrogen (secondary N) is 1. The highest BCUT2D eigenvalue weighted by molar-refractivity contribution is 6.30. The van der Waals surface area contributed by atoms with E-state index in [1.807, 2.05) is 6.92 Å². The van der Waals surface area contributed by atoms with E-state index in [0.717, 1.165) is 0 Å². The molecule has 0 saturated carbocycles. The number of benzene rings is 1. The molecule has 4 heterocycles. The maximum Gasteiger partial charge on any atom is 0.279 e. The summed E-state index contributed by atoms with van der Waals surface area (Å²) in [7, 11) is 1.72. The van der Waals surface area contributed by atoms with Crippen molar-refractivity contribution in [2.45, 2.75) is 13.5 Å². The van der Waals surface area contributed by atoms with E-state index in [1.54, 1.807) is 36.0 Å². The zero-order valence-electron chi connectivity index (χ0n) is 16.0. The molecule has 5 rings (SSSR count). The van der Waals surface area contributed by atoms with E-state index in [9.17, 15) is 4.79 Å². The first kappa shape index (κ1) is 18.3. The average molecular weight is 423 g/mol. The Kier molecular flexibility index (Phi) is 4.21. The Morgan fingerprint density at radius 2 is 1.97 bits per heavy atom. The molecule has 150 valence electrons. The fourth-order valence-corrected chi connectivity index (χ4v) is 3.33. The van der Waals surface area contributed by atoms with Gasteiger partial charge in [-0.25, -0.2) is 15.0 Å². The van der Waals surface area contributed by atoms with Gasteiger partial charge >= 0.3 is 0 Å². The molecule has 0 aliphatic rings. The van der Waals surface area contributed by atoms with Gasteiger partial charge in [0.25, 0.3) is 5.56 Å². The van der Waals surface area contributed by atoms with Gasteiger partial charge in [-0.3, -0.25) is 14.0 Å². The summed E-state index contributed by atoms with van der Waals surface area (Å²) in [4.78, 5) is 33.3. The summed E-state index contributed by atoms with van der Waals surface area (Å²) < 4.78 is 8.70. The quantitative estimate of drug-likeness (QED) is 0.473. The van der Waals surface area contributed by atoms with Gasteiger partial charge < -0.3 is 9.72 Å². The summed E-state index contributed by atoms with van der Waals surface area (Å²) in [5.41, 5.74) is 2.43. The molecule has 0 bridgehead atoms. The summed E-state index contributed by atoms with van der Waals surface area (Å²) in [6.07, 6.45) is 2.97. The zero-order valence-corrected chi connectivity index (χ0v) is 16.8. The van der Waals surface area contributed by atoms with Crippen LogP contribution in [0.4, 0.5) is 0 Å². The molecule has 11 heteroatoms. The number of aromatic amines is 1. The van der Waals surface area contributed by atoms with Gasteiger partial charge in [-0.15, -0.1) is 0 Å². The number of fused-ring (bicyclic) bond motifs is 2. The fraction of sp³-hybridized carbons (Fsp3) is 0.158. The third-order valence-electron chi connectivity index (χ3n) is 4.57. The standard InChI is InChI=1S/C19H15ClN8O2/c1-10-15-16(27(2)26-10)19(29)28(9-22-15)8-13-23-17-18(24-13)25-14(7-21-17)30-12-5-3-11(20)4-6-12/h3-7,9H,8H2,1-2H3,(H,21,23,24,25). The van der Waals surface area contributed by atoms with Crippen molar-refractivity contribution in [1.82, 2.24) is 39.3 Å². The summed E-state index contributed by atoms with van der Waals surface area (Å²) in [6.45, 7) is 2.01. The van der Waals surface area contributed by atoms with Gasteiger partial charge in [-0.05, 0) is 31.2 Å². The van der Waals surface area contributed by atoms with Crippen LogP contribution in [0.2, 0.25) is 5.02 Å². The van der Waals surface area contributed by atoms with Crippen molar-refractivity contribution in [3.8, 4) is 11.6 Å². The number of hydrogen-bond donors (Lipinski definition) is 1. The van der Waals surface area contributed by atoms with Crippen molar-refractivity contribution < 1.29 is 4.74 Å². The first-order valence-electron chi connectivity index (χ1n) is 9.02. The first-order chi connectivity index (χ1) is 14.5. The van der Waals surface area contributed by atoms with Crippen molar-refractivity contribution in [1.29, 1.82) is 0 Å². The second-order valence-corrected chi connectivity index (χ2v) is 7.14. The van der Waals surface area contributed by atoms with Gasteiger partial charge in [-0.1, -0.05) is 11.6 Å². The fourth-order valence-electron chi connectivity index (χ4n) is 3.20. The molecule has 0 spiro atoms. The van der Waals surface area contributed by atoms with Gasteiger partial charge in [0.05, 0.1) is 24.8 Å². The van der Waals surface area contributed by atoms with Crippen molar-refractivity contribution in [2.75, 3.05) is 0 Å². The van der Waals surface area contributed by atoms with Gasteiger partial charge in [-0.2, -0.15) is 10.1 Å². The Morgan fingerprint density at radius 3 is 2.77 bits per heavy atom. The molecular formula is C19H15ClN8O2. The number of H-pyrrole nitrogens is 1. The molecule has 10 nitrogen and oxygen atoms in total.